The first-order valence-electron chi connectivity index (χ1n) is 17.5. The van der Waals surface area contributed by atoms with Crippen LogP contribution in [0.3, 0.4) is 0 Å². The third kappa shape index (κ3) is 8.97. The highest BCUT2D eigenvalue weighted by Crippen LogP contribution is 2.39. The summed E-state index contributed by atoms with van der Waals surface area (Å²) in [6.07, 6.45) is 8.97. The van der Waals surface area contributed by atoms with Gasteiger partial charge in [0.1, 0.15) is 5.75 Å². The van der Waals surface area contributed by atoms with E-state index in [4.69, 9.17) is 18.6 Å². The molecule has 0 saturated carbocycles. The van der Waals surface area contributed by atoms with Gasteiger partial charge in [-0.15, -0.1) is 0 Å². The first-order chi connectivity index (χ1) is 24.0. The van der Waals surface area contributed by atoms with Crippen molar-refractivity contribution >= 4 is 29.2 Å². The fourth-order valence-electron chi connectivity index (χ4n) is 6.52. The van der Waals surface area contributed by atoms with Crippen LogP contribution in [0.2, 0.25) is 0 Å². The summed E-state index contributed by atoms with van der Waals surface area (Å²) >= 11 is 0. The molecule has 0 bridgehead atoms. The Kier molecular flexibility index (Phi) is 11.8. The van der Waals surface area contributed by atoms with E-state index in [0.29, 0.717) is 43.0 Å². The molecule has 7 rings (SSSR count). The van der Waals surface area contributed by atoms with Crippen LogP contribution in [-0.4, -0.2) is 68.5 Å². The van der Waals surface area contributed by atoms with Crippen LogP contribution in [0.15, 0.2) is 82.9 Å². The lowest BCUT2D eigenvalue weighted by atomic mass is 9.99. The number of oxazole rings is 1. The molecule has 49 heavy (non-hydrogen) atoms. The maximum Gasteiger partial charge on any atom is 0.251 e. The topological polar surface area (TPSA) is 89.3 Å². The summed E-state index contributed by atoms with van der Waals surface area (Å²) in [6.45, 7) is 9.51. The van der Waals surface area contributed by atoms with Gasteiger partial charge in [0, 0.05) is 69.3 Å². The van der Waals surface area contributed by atoms with Gasteiger partial charge in [0.2, 0.25) is 5.88 Å². The molecule has 2 saturated heterocycles. The third-order valence-corrected chi connectivity index (χ3v) is 9.20. The van der Waals surface area contributed by atoms with E-state index in [1.54, 1.807) is 6.20 Å². The zero-order chi connectivity index (χ0) is 34.0. The van der Waals surface area contributed by atoms with Gasteiger partial charge in [0.05, 0.1) is 18.5 Å². The molecule has 0 radical (unpaired) electrons. The molecule has 9 heteroatoms. The zero-order valence-electron chi connectivity index (χ0n) is 29.0. The van der Waals surface area contributed by atoms with Crippen molar-refractivity contribution in [1.82, 2.24) is 9.88 Å². The number of carbonyl (C=O) groups is 1. The number of aryl methyl sites for hydroxylation is 1. The summed E-state index contributed by atoms with van der Waals surface area (Å²) in [5.74, 6) is 1.97. The summed E-state index contributed by atoms with van der Waals surface area (Å²) in [5.41, 5.74) is 6.60. The summed E-state index contributed by atoms with van der Waals surface area (Å²) in [7, 11) is 2.17. The average Bonchev–Trinajstić information content (AvgIpc) is 3.82. The number of anilines is 3. The molecule has 1 aromatic heterocycles. The van der Waals surface area contributed by atoms with Gasteiger partial charge in [0.25, 0.3) is 5.91 Å². The van der Waals surface area contributed by atoms with Gasteiger partial charge in [-0.2, -0.15) is 0 Å². The monoisotopic (exact) mass is 664 g/mol. The van der Waals surface area contributed by atoms with Gasteiger partial charge in [-0.05, 0) is 99.2 Å². The molecule has 3 aliphatic heterocycles. The first kappa shape index (κ1) is 34.4. The fraction of sp³-hybridized carbons (Fsp3) is 0.400. The van der Waals surface area contributed by atoms with Crippen molar-refractivity contribution in [3.63, 3.8) is 0 Å². The predicted molar refractivity (Wildman–Crippen MR) is 194 cm³/mol. The second-order valence-electron chi connectivity index (χ2n) is 12.7. The van der Waals surface area contributed by atoms with Gasteiger partial charge in [-0.1, -0.05) is 36.4 Å². The Morgan fingerprint density at radius 3 is 2.45 bits per heavy atom. The Balaban J connectivity index is 0.000000765. The summed E-state index contributed by atoms with van der Waals surface area (Å²) in [6, 6.07) is 23.0. The van der Waals surface area contributed by atoms with Gasteiger partial charge in [0.15, 0.2) is 5.89 Å². The minimum Gasteiger partial charge on any atom is -0.493 e. The number of nitrogens with one attached hydrogen (secondary N) is 1. The van der Waals surface area contributed by atoms with Gasteiger partial charge < -0.3 is 28.8 Å². The molecule has 2 fully saturated rings. The van der Waals surface area contributed by atoms with Gasteiger partial charge >= 0.3 is 0 Å². The fourth-order valence-corrected chi connectivity index (χ4v) is 6.52. The number of nitrogens with zero attached hydrogens (tertiary/aromatic N) is 3. The van der Waals surface area contributed by atoms with Crippen LogP contribution in [0.4, 0.5) is 17.3 Å². The molecular weight excluding hydrogens is 616 g/mol. The Morgan fingerprint density at radius 1 is 1.00 bits per heavy atom. The third-order valence-electron chi connectivity index (χ3n) is 9.20. The number of carbonyl (C=O) groups excluding carboxylic acids is 1. The number of hydrogen-bond donors (Lipinski definition) is 1. The highest BCUT2D eigenvalue weighted by atomic mass is 16.5. The van der Waals surface area contributed by atoms with Gasteiger partial charge in [-0.3, -0.25) is 9.69 Å². The number of amides is 1. The highest BCUT2D eigenvalue weighted by molar-refractivity contribution is 6.07. The zero-order valence-corrected chi connectivity index (χ0v) is 29.0. The molecular formula is C40H48N4O5. The lowest BCUT2D eigenvalue weighted by Crippen LogP contribution is -2.36. The minimum atomic E-state index is -0.112. The SMILES string of the molecule is C1CCOC1.CCOc1ccccc1-c1ccc2c(c1)C=C(C(=O)Nc1ccc(CN(C)C3CCOCC3)cc1)CCN2c1cnc(C)o1. The van der Waals surface area contributed by atoms with Crippen LogP contribution in [0.5, 0.6) is 5.75 Å². The molecule has 1 N–H and O–H groups in total. The van der Waals surface area contributed by atoms with E-state index in [-0.39, 0.29) is 5.91 Å². The van der Waals surface area contributed by atoms with Crippen LogP contribution in [-0.2, 0) is 20.8 Å². The Labute approximate surface area is 289 Å². The Morgan fingerprint density at radius 2 is 1.76 bits per heavy atom. The Hall–Kier alpha value is -4.44. The quantitative estimate of drug-likeness (QED) is 0.193. The number of ether oxygens (including phenoxy) is 3. The Bertz CT molecular complexity index is 1700. The van der Waals surface area contributed by atoms with Crippen molar-refractivity contribution in [2.75, 3.05) is 56.8 Å². The molecule has 3 aromatic carbocycles. The van der Waals surface area contributed by atoms with E-state index < -0.39 is 0 Å². The van der Waals surface area contributed by atoms with Crippen LogP contribution in [0, 0.1) is 6.92 Å². The van der Waals surface area contributed by atoms with Gasteiger partial charge in [-0.25, -0.2) is 4.98 Å². The van der Waals surface area contributed by atoms with E-state index in [2.05, 4.69) is 63.5 Å². The molecule has 0 unspecified atom stereocenters. The van der Waals surface area contributed by atoms with E-state index >= 15 is 0 Å². The van der Waals surface area contributed by atoms with Crippen LogP contribution >= 0.6 is 0 Å². The predicted octanol–water partition coefficient (Wildman–Crippen LogP) is 8.02. The van der Waals surface area contributed by atoms with E-state index in [9.17, 15) is 4.79 Å². The lowest BCUT2D eigenvalue weighted by Gasteiger charge is -2.31. The maximum atomic E-state index is 13.7. The molecule has 258 valence electrons. The lowest BCUT2D eigenvalue weighted by molar-refractivity contribution is -0.112. The molecule has 1 amide bonds. The normalized spacial score (nSPS) is 16.3. The molecule has 9 nitrogen and oxygen atoms in total. The van der Waals surface area contributed by atoms with E-state index in [0.717, 1.165) is 79.6 Å². The largest absolute Gasteiger partial charge is 0.493 e. The van der Waals surface area contributed by atoms with Crippen molar-refractivity contribution < 1.29 is 23.4 Å². The molecule has 4 aromatic rings. The van der Waals surface area contributed by atoms with Crippen molar-refractivity contribution in [2.45, 2.75) is 58.5 Å². The molecule has 0 spiro atoms. The summed E-state index contributed by atoms with van der Waals surface area (Å²) < 4.78 is 22.3. The summed E-state index contributed by atoms with van der Waals surface area (Å²) in [5, 5.41) is 3.13. The maximum absolute atomic E-state index is 13.7. The van der Waals surface area contributed by atoms with Crippen LogP contribution in [0.1, 0.15) is 56.0 Å². The number of aromatic nitrogens is 1. The second-order valence-corrected chi connectivity index (χ2v) is 12.7. The number of rotatable bonds is 9. The summed E-state index contributed by atoms with van der Waals surface area (Å²) in [4.78, 5) is 22.5. The van der Waals surface area contributed by atoms with E-state index in [1.165, 1.54) is 18.4 Å². The van der Waals surface area contributed by atoms with Crippen LogP contribution in [0.25, 0.3) is 17.2 Å². The molecule has 0 aliphatic carbocycles. The smallest absolute Gasteiger partial charge is 0.251 e. The number of para-hydroxylation sites is 1. The number of hydrogen-bond acceptors (Lipinski definition) is 8. The average molecular weight is 665 g/mol. The first-order valence-corrected chi connectivity index (χ1v) is 17.5. The van der Waals surface area contributed by atoms with Crippen molar-refractivity contribution in [3.8, 4) is 16.9 Å². The second kappa shape index (κ2) is 16.8. The molecule has 3 aliphatic rings. The minimum absolute atomic E-state index is 0.112. The number of benzene rings is 3. The highest BCUT2D eigenvalue weighted by Gasteiger charge is 2.24. The number of fused-ring (bicyclic) bond motifs is 1. The van der Waals surface area contributed by atoms with Crippen molar-refractivity contribution in [1.29, 1.82) is 0 Å². The molecule has 4 heterocycles. The van der Waals surface area contributed by atoms with Crippen molar-refractivity contribution in [3.05, 3.63) is 95.5 Å². The van der Waals surface area contributed by atoms with E-state index in [1.807, 2.05) is 50.3 Å². The van der Waals surface area contributed by atoms with Crippen molar-refractivity contribution in [2.24, 2.45) is 0 Å². The standard InChI is InChI=1S/C36H40N4O4.C4H8O/c1-4-43-34-8-6-5-7-32(34)27-11-14-33-29(21-27)22-28(15-18-40(33)35-23-37-25(2)44-35)36(41)38-30-12-9-26(10-13-30)24-39(3)31-16-19-42-20-17-31;1-2-4-5-3-1/h5-14,21-23,31H,4,15-20,24H2,1-3H3,(H,38,41);1-4H2. The van der Waals surface area contributed by atoms with Crippen LogP contribution < -0.4 is 15.0 Å². The molecule has 0 atom stereocenters.